The Morgan fingerprint density at radius 1 is 0.328 bits per heavy atom. The van der Waals surface area contributed by atoms with Crippen LogP contribution in [0.15, 0.2) is 0 Å². The van der Waals surface area contributed by atoms with Gasteiger partial charge in [0.15, 0.2) is 47.7 Å². The molecule has 2 heterocycles. The quantitative estimate of drug-likeness (QED) is 0.0116. The van der Waals surface area contributed by atoms with Crippen LogP contribution in [0.3, 0.4) is 0 Å². The summed E-state index contributed by atoms with van der Waals surface area (Å²) in [7, 11) is 0. The fourth-order valence-electron chi connectivity index (χ4n) is 12.9. The summed E-state index contributed by atoms with van der Waals surface area (Å²) in [6.45, 7) is 2.74. The number of urea groups is 1. The number of amides is 13. The molecule has 122 heavy (non-hydrogen) atoms. The highest BCUT2D eigenvalue weighted by Crippen LogP contribution is 2.33. The summed E-state index contributed by atoms with van der Waals surface area (Å²) in [5.74, 6) is -10.4. The van der Waals surface area contributed by atoms with Gasteiger partial charge in [-0.3, -0.25) is 96.0 Å². The van der Waals surface area contributed by atoms with Crippen LogP contribution in [0, 0.1) is 49.2 Å². The fraction of sp³-hybridized carbons (Fsp3) is 0.718. The highest BCUT2D eigenvalue weighted by atomic mass is 32.2. The van der Waals surface area contributed by atoms with Crippen LogP contribution in [0.5, 0.6) is 0 Å². The van der Waals surface area contributed by atoms with Crippen molar-refractivity contribution in [1.29, 1.82) is 43.3 Å². The molecule has 50 nitrogen and oxygen atoms in total. The molecular formula is C71H138N38O12S. The van der Waals surface area contributed by atoms with E-state index < -0.39 is 131 Å². The number of primary amides is 1. The van der Waals surface area contributed by atoms with Gasteiger partial charge in [-0.2, -0.15) is 11.8 Å². The smallest absolute Gasteiger partial charge is 0.315 e. The number of nitrogens with one attached hydrogen (secondary N) is 28. The fourth-order valence-corrected chi connectivity index (χ4v) is 14.4. The first-order chi connectivity index (χ1) is 57.9. The number of rotatable bonds is 65. The first-order valence-corrected chi connectivity index (χ1v) is 42.3. The molecule has 10 unspecified atom stereocenters. The van der Waals surface area contributed by atoms with Crippen LogP contribution in [0.4, 0.5) is 4.79 Å². The Morgan fingerprint density at radius 3 is 0.951 bits per heavy atom. The molecule has 48 N–H and O–H groups in total. The lowest BCUT2D eigenvalue weighted by atomic mass is 10.0. The van der Waals surface area contributed by atoms with Crippen molar-refractivity contribution in [1.82, 2.24) is 106 Å². The Labute approximate surface area is 714 Å². The third kappa shape index (κ3) is 48.2. The number of hydrogen-bond acceptors (Lipinski definition) is 22. The van der Waals surface area contributed by atoms with Crippen LogP contribution in [0.2, 0.25) is 0 Å². The van der Waals surface area contributed by atoms with Gasteiger partial charge in [0, 0.05) is 88.8 Å². The van der Waals surface area contributed by atoms with Gasteiger partial charge >= 0.3 is 6.03 Å². The molecule has 0 aromatic rings. The third-order valence-corrected chi connectivity index (χ3v) is 21.0. The van der Waals surface area contributed by atoms with Gasteiger partial charge in [-0.25, -0.2) is 4.79 Å². The first kappa shape index (κ1) is 106. The Morgan fingerprint density at radius 2 is 0.607 bits per heavy atom. The molecule has 13 amide bonds. The maximum Gasteiger partial charge on any atom is 0.315 e. The maximum absolute atomic E-state index is 14.8. The minimum absolute atomic E-state index is 0.0143. The number of thioether (sulfide) groups is 1. The summed E-state index contributed by atoms with van der Waals surface area (Å²) in [4.78, 5) is 166. The molecule has 0 aromatic carbocycles. The van der Waals surface area contributed by atoms with Gasteiger partial charge < -0.3 is 164 Å². The van der Waals surface area contributed by atoms with Gasteiger partial charge in [-0.1, -0.05) is 13.3 Å². The maximum atomic E-state index is 14.8. The Bertz CT molecular complexity index is 3450. The van der Waals surface area contributed by atoms with Gasteiger partial charge in [-0.15, -0.1) is 0 Å². The number of hydrogen-bond donors (Lipinski definition) is 38. The van der Waals surface area contributed by atoms with Crippen molar-refractivity contribution in [2.45, 2.75) is 246 Å². The van der Waals surface area contributed by atoms with E-state index in [1.54, 1.807) is 18.7 Å². The minimum atomic E-state index is -1.44. The normalized spacial score (nSPS) is 16.1. The summed E-state index contributed by atoms with van der Waals surface area (Å²) in [5.41, 5.74) is 56.0. The molecule has 0 bridgehead atoms. The molecule has 0 saturated carbocycles. The van der Waals surface area contributed by atoms with E-state index in [2.05, 4.69) is 106 Å². The van der Waals surface area contributed by atoms with E-state index in [0.29, 0.717) is 38.6 Å². The summed E-state index contributed by atoms with van der Waals surface area (Å²) in [6, 6.07) is -11.7. The van der Waals surface area contributed by atoms with E-state index >= 15 is 0 Å². The van der Waals surface area contributed by atoms with E-state index in [0.717, 1.165) is 12.2 Å². The number of guanidine groups is 8. The van der Waals surface area contributed by atoms with Crippen molar-refractivity contribution in [3.05, 3.63) is 0 Å². The largest absolute Gasteiger partial charge is 0.370 e. The summed E-state index contributed by atoms with van der Waals surface area (Å²) < 4.78 is 0. The van der Waals surface area contributed by atoms with E-state index in [1.807, 2.05) is 0 Å². The Kier molecular flexibility index (Phi) is 52.5. The molecule has 0 spiro atoms. The summed E-state index contributed by atoms with van der Waals surface area (Å²) in [6.07, 6.45) is 4.50. The lowest BCUT2D eigenvalue weighted by Gasteiger charge is -2.26. The van der Waals surface area contributed by atoms with Crippen LogP contribution in [-0.4, -0.2) is 262 Å². The topological polar surface area (TPSA) is 896 Å². The van der Waals surface area contributed by atoms with Crippen molar-refractivity contribution in [2.24, 2.45) is 63.3 Å². The molecule has 0 radical (unpaired) electrons. The number of nitrogens with two attached hydrogens (primary N) is 10. The molecule has 51 heteroatoms. The molecule has 0 aliphatic carbocycles. The Balaban J connectivity index is 2.52. The third-order valence-electron chi connectivity index (χ3n) is 19.5. The van der Waals surface area contributed by atoms with E-state index in [9.17, 15) is 57.5 Å². The number of carbonyl (C=O) groups excluding carboxylic acids is 12. The SMILES string of the molecule is CC(CCCNC(=N)N)C(=O)NC(CCCNC(=N)N)C(=O)NC(CCCNC(=N)N)C(=O)NCCCCC(NC(=O)C(CCCNC(=N)N)NC(=O)C(CCCNC(=N)N)NC(=O)C(N)CCCNC(=N)N)C(=O)NCCCCC(NC(=O)C(CCCNC(=N)N)NC(=O)C(CCCNC(=N)N)NC(=O)CCCC[C@@H]1SC[C@@H]2NC(=O)N[C@@H]21)C(N)=O. The average molecular weight is 1750 g/mol. The molecule has 2 fully saturated rings. The number of carbonyl (C=O) groups is 12. The van der Waals surface area contributed by atoms with Gasteiger partial charge in [-0.05, 0) is 154 Å². The number of fused-ring (bicyclic) bond motifs is 1. The first-order valence-electron chi connectivity index (χ1n) is 41.2. The average Bonchev–Trinajstić information content (AvgIpc) is 1.66. The predicted octanol–water partition coefficient (Wildman–Crippen LogP) is -9.28. The van der Waals surface area contributed by atoms with Crippen LogP contribution in [0.25, 0.3) is 0 Å². The molecule has 2 aliphatic heterocycles. The molecule has 2 rings (SSSR count). The second-order valence-electron chi connectivity index (χ2n) is 29.8. The molecule has 2 saturated heterocycles. The second kappa shape index (κ2) is 60.4. The van der Waals surface area contributed by atoms with Gasteiger partial charge in [0.25, 0.3) is 0 Å². The zero-order valence-electron chi connectivity index (χ0n) is 69.7. The molecule has 13 atom stereocenters. The van der Waals surface area contributed by atoms with Gasteiger partial charge in [0.05, 0.1) is 18.1 Å². The lowest BCUT2D eigenvalue weighted by Crippen LogP contribution is -2.58. The highest BCUT2D eigenvalue weighted by molar-refractivity contribution is 8.00. The summed E-state index contributed by atoms with van der Waals surface area (Å²) >= 11 is 1.74. The van der Waals surface area contributed by atoms with Crippen LogP contribution >= 0.6 is 11.8 Å². The Hall–Kier alpha value is -12.1. The predicted molar refractivity (Wildman–Crippen MR) is 463 cm³/mol. The van der Waals surface area contributed by atoms with E-state index in [4.69, 9.17) is 101 Å². The van der Waals surface area contributed by atoms with Crippen LogP contribution in [0.1, 0.15) is 174 Å². The molecule has 690 valence electrons. The standard InChI is InChI=1S/C71H138N38O12S/c1-39(16-8-30-92-63(74)75)54(112)102-45(22-12-34-96-67(82)83)60(118)105-43(20-10-32-94-65(78)79)57(115)91-29-7-5-19-42(104-62(120)48(25-15-37-99-70(88)89)107-61(119)46(23-13-35-97-68(84)85)103-55(113)40(72)17-9-31-93-64(76)77)56(114)90-28-6-4-18-41(53(73)111)101-59(117)47(24-14-36-98-69(86)87)106-58(116)44(21-11-33-95-66(80)81)100-51(110)27-3-2-26-50-52-49(38-122-50)108-71(121)109-52/h39-50,52H,2-38,72H2,1H3,(H2,73,111)(H,90,114)(H,91,115)(H,100,110)(H,101,117)(H,102,112)(H,103,113)(H,104,120)(H,105,118)(H,106,116)(H,107,119)(H4,74,75,92)(H4,76,77,93)(H4,78,79,94)(H4,80,81,95)(H4,82,83,96)(H4,84,85,97)(H4,86,87,98)(H4,88,89,99)(H2,108,109,121)/t39?,40?,41?,42?,43?,44?,45?,46?,47?,48?,49-,50-,52-/m0/s1. The van der Waals surface area contributed by atoms with Gasteiger partial charge in [0.1, 0.15) is 48.3 Å². The van der Waals surface area contributed by atoms with E-state index in [-0.39, 0.29) is 252 Å². The zero-order chi connectivity index (χ0) is 91.1. The van der Waals surface area contributed by atoms with Crippen LogP contribution < -0.4 is 164 Å². The highest BCUT2D eigenvalue weighted by Gasteiger charge is 2.43. The van der Waals surface area contributed by atoms with Crippen molar-refractivity contribution in [3.8, 4) is 0 Å². The minimum Gasteiger partial charge on any atom is -0.370 e. The molecular weight excluding hydrogens is 1610 g/mol. The van der Waals surface area contributed by atoms with Gasteiger partial charge in [0.2, 0.25) is 65.0 Å². The monoisotopic (exact) mass is 1750 g/mol. The van der Waals surface area contributed by atoms with Crippen molar-refractivity contribution < 1.29 is 57.5 Å². The zero-order valence-corrected chi connectivity index (χ0v) is 70.6. The van der Waals surface area contributed by atoms with Crippen LogP contribution in [-0.2, 0) is 52.7 Å². The molecule has 2 aliphatic rings. The van der Waals surface area contributed by atoms with Crippen molar-refractivity contribution >= 4 is 130 Å². The summed E-state index contributed by atoms with van der Waals surface area (Å²) in [5, 5.41) is 115. The van der Waals surface area contributed by atoms with E-state index in [1.165, 1.54) is 0 Å². The van der Waals surface area contributed by atoms with Crippen molar-refractivity contribution in [2.75, 3.05) is 71.2 Å². The second-order valence-corrected chi connectivity index (χ2v) is 31.0. The molecule has 0 aromatic heterocycles. The van der Waals surface area contributed by atoms with Crippen molar-refractivity contribution in [3.63, 3.8) is 0 Å². The number of unbranched alkanes of at least 4 members (excludes halogenated alkanes) is 3. The lowest BCUT2D eigenvalue weighted by molar-refractivity contribution is -0.134.